The molecular formula is C17H28N4O2S. The van der Waals surface area contributed by atoms with Crippen molar-refractivity contribution in [3.05, 3.63) is 24.3 Å². The first-order chi connectivity index (χ1) is 11.5. The molecule has 1 aliphatic carbocycles. The second-order valence-electron chi connectivity index (χ2n) is 6.96. The molecule has 0 radical (unpaired) electrons. The van der Waals surface area contributed by atoms with Gasteiger partial charge in [0.1, 0.15) is 0 Å². The van der Waals surface area contributed by atoms with Gasteiger partial charge < -0.3 is 9.80 Å². The SMILES string of the molecule is CN(C)CCN1CCN(S(=O)(=O)NC2CCCC2)c2ccccc21. The Balaban J connectivity index is 1.80. The first-order valence-electron chi connectivity index (χ1n) is 8.76. The Kier molecular flexibility index (Phi) is 5.32. The van der Waals surface area contributed by atoms with E-state index >= 15 is 0 Å². The van der Waals surface area contributed by atoms with Crippen LogP contribution < -0.4 is 13.9 Å². The average Bonchev–Trinajstić information content (AvgIpc) is 3.04. The van der Waals surface area contributed by atoms with Gasteiger partial charge in [-0.25, -0.2) is 0 Å². The third-order valence-corrected chi connectivity index (χ3v) is 6.43. The van der Waals surface area contributed by atoms with E-state index in [2.05, 4.69) is 28.6 Å². The number of rotatable bonds is 6. The lowest BCUT2D eigenvalue weighted by Gasteiger charge is -2.38. The van der Waals surface area contributed by atoms with E-state index in [0.717, 1.165) is 56.7 Å². The lowest BCUT2D eigenvalue weighted by Crippen LogP contribution is -2.51. The molecule has 0 spiro atoms. The second kappa shape index (κ2) is 7.29. The van der Waals surface area contributed by atoms with E-state index in [9.17, 15) is 8.42 Å². The molecule has 1 aromatic rings. The first-order valence-corrected chi connectivity index (χ1v) is 10.2. The molecular weight excluding hydrogens is 324 g/mol. The topological polar surface area (TPSA) is 55.9 Å². The minimum atomic E-state index is -3.49. The number of hydrogen-bond donors (Lipinski definition) is 1. The molecule has 0 aromatic heterocycles. The monoisotopic (exact) mass is 352 g/mol. The summed E-state index contributed by atoms with van der Waals surface area (Å²) in [6.45, 7) is 3.05. The van der Waals surface area contributed by atoms with Crippen molar-refractivity contribution >= 4 is 21.6 Å². The van der Waals surface area contributed by atoms with Crippen LogP contribution in [0.2, 0.25) is 0 Å². The summed E-state index contributed by atoms with van der Waals surface area (Å²) in [6.07, 6.45) is 4.12. The molecule has 1 N–H and O–H groups in total. The Morgan fingerprint density at radius 3 is 2.46 bits per heavy atom. The van der Waals surface area contributed by atoms with Gasteiger partial charge in [-0.2, -0.15) is 13.1 Å². The Morgan fingerprint density at radius 1 is 1.12 bits per heavy atom. The fourth-order valence-corrected chi connectivity index (χ4v) is 5.03. The number of para-hydroxylation sites is 2. The number of nitrogens with one attached hydrogen (secondary N) is 1. The van der Waals surface area contributed by atoms with Crippen LogP contribution in [0, 0.1) is 0 Å². The molecule has 1 saturated carbocycles. The van der Waals surface area contributed by atoms with Gasteiger partial charge in [-0.1, -0.05) is 25.0 Å². The summed E-state index contributed by atoms with van der Waals surface area (Å²) >= 11 is 0. The van der Waals surface area contributed by atoms with E-state index in [1.807, 2.05) is 24.3 Å². The minimum Gasteiger partial charge on any atom is -0.367 e. The van der Waals surface area contributed by atoms with Gasteiger partial charge in [0.25, 0.3) is 0 Å². The number of fused-ring (bicyclic) bond motifs is 1. The van der Waals surface area contributed by atoms with Gasteiger partial charge in [0.05, 0.1) is 17.9 Å². The third-order valence-electron chi connectivity index (χ3n) is 4.84. The van der Waals surface area contributed by atoms with Crippen molar-refractivity contribution in [3.8, 4) is 0 Å². The minimum absolute atomic E-state index is 0.0916. The maximum atomic E-state index is 12.9. The van der Waals surface area contributed by atoms with Crippen LogP contribution in [-0.4, -0.2) is 59.6 Å². The molecule has 1 aromatic carbocycles. The van der Waals surface area contributed by atoms with Gasteiger partial charge in [-0.3, -0.25) is 4.31 Å². The summed E-state index contributed by atoms with van der Waals surface area (Å²) in [6, 6.07) is 7.90. The van der Waals surface area contributed by atoms with Crippen LogP contribution in [0.25, 0.3) is 0 Å². The zero-order valence-corrected chi connectivity index (χ0v) is 15.4. The number of anilines is 2. The fraction of sp³-hybridized carbons (Fsp3) is 0.647. The molecule has 0 unspecified atom stereocenters. The van der Waals surface area contributed by atoms with Gasteiger partial charge in [-0.05, 0) is 39.1 Å². The summed E-state index contributed by atoms with van der Waals surface area (Å²) in [5.41, 5.74) is 1.79. The molecule has 3 rings (SSSR count). The molecule has 134 valence electrons. The normalized spacial score (nSPS) is 19.1. The lowest BCUT2D eigenvalue weighted by molar-refractivity contribution is 0.412. The van der Waals surface area contributed by atoms with Crippen molar-refractivity contribution in [1.82, 2.24) is 9.62 Å². The highest BCUT2D eigenvalue weighted by atomic mass is 32.2. The quantitative estimate of drug-likeness (QED) is 0.846. The Hall–Kier alpha value is -1.31. The zero-order valence-electron chi connectivity index (χ0n) is 14.6. The Bertz CT molecular complexity index is 656. The molecule has 24 heavy (non-hydrogen) atoms. The molecule has 1 aliphatic heterocycles. The van der Waals surface area contributed by atoms with Crippen molar-refractivity contribution in [2.45, 2.75) is 31.7 Å². The van der Waals surface area contributed by atoms with E-state index in [-0.39, 0.29) is 6.04 Å². The van der Waals surface area contributed by atoms with Gasteiger partial charge >= 0.3 is 10.2 Å². The largest absolute Gasteiger partial charge is 0.367 e. The van der Waals surface area contributed by atoms with Crippen LogP contribution >= 0.6 is 0 Å². The Labute approximate surface area is 145 Å². The van der Waals surface area contributed by atoms with Crippen LogP contribution in [0.1, 0.15) is 25.7 Å². The summed E-state index contributed by atoms with van der Waals surface area (Å²) in [5.74, 6) is 0. The standard InChI is InChI=1S/C17H28N4O2S/c1-19(2)11-12-20-13-14-21(17-10-6-5-9-16(17)20)24(22,23)18-15-7-3-4-8-15/h5-6,9-10,15,18H,3-4,7-8,11-14H2,1-2H3. The Morgan fingerprint density at radius 2 is 1.79 bits per heavy atom. The predicted octanol–water partition coefficient (Wildman–Crippen LogP) is 1.65. The van der Waals surface area contributed by atoms with Gasteiger partial charge in [0.2, 0.25) is 0 Å². The molecule has 0 amide bonds. The summed E-state index contributed by atoms with van der Waals surface area (Å²) in [4.78, 5) is 4.42. The van der Waals surface area contributed by atoms with E-state index in [4.69, 9.17) is 0 Å². The molecule has 0 saturated heterocycles. The smallest absolute Gasteiger partial charge is 0.301 e. The summed E-state index contributed by atoms with van der Waals surface area (Å²) in [5, 5.41) is 0. The maximum absolute atomic E-state index is 12.9. The fourth-order valence-electron chi connectivity index (χ4n) is 3.52. The molecule has 1 heterocycles. The van der Waals surface area contributed by atoms with E-state index in [1.54, 1.807) is 4.31 Å². The van der Waals surface area contributed by atoms with Crippen LogP contribution in [-0.2, 0) is 10.2 Å². The molecule has 2 aliphatic rings. The maximum Gasteiger partial charge on any atom is 0.301 e. The van der Waals surface area contributed by atoms with Gasteiger partial charge in [0.15, 0.2) is 0 Å². The first kappa shape index (κ1) is 17.5. The van der Waals surface area contributed by atoms with E-state index in [1.165, 1.54) is 0 Å². The van der Waals surface area contributed by atoms with Gasteiger partial charge in [0, 0.05) is 25.7 Å². The molecule has 0 bridgehead atoms. The summed E-state index contributed by atoms with van der Waals surface area (Å²) in [7, 11) is 0.619. The molecule has 0 atom stereocenters. The summed E-state index contributed by atoms with van der Waals surface area (Å²) < 4.78 is 30.2. The predicted molar refractivity (Wildman–Crippen MR) is 98.9 cm³/mol. The number of hydrogen-bond acceptors (Lipinski definition) is 4. The zero-order chi connectivity index (χ0) is 17.2. The van der Waals surface area contributed by atoms with Crippen molar-refractivity contribution in [2.24, 2.45) is 0 Å². The second-order valence-corrected chi connectivity index (χ2v) is 8.58. The van der Waals surface area contributed by atoms with Crippen molar-refractivity contribution in [1.29, 1.82) is 0 Å². The average molecular weight is 353 g/mol. The van der Waals surface area contributed by atoms with Gasteiger partial charge in [-0.15, -0.1) is 0 Å². The van der Waals surface area contributed by atoms with Crippen LogP contribution in [0.4, 0.5) is 11.4 Å². The van der Waals surface area contributed by atoms with Crippen molar-refractivity contribution in [3.63, 3.8) is 0 Å². The van der Waals surface area contributed by atoms with Crippen LogP contribution in [0.5, 0.6) is 0 Å². The van der Waals surface area contributed by atoms with Crippen LogP contribution in [0.15, 0.2) is 24.3 Å². The highest BCUT2D eigenvalue weighted by Crippen LogP contribution is 2.34. The molecule has 6 nitrogen and oxygen atoms in total. The number of likely N-dealkylation sites (N-methyl/N-ethyl adjacent to an activating group) is 1. The van der Waals surface area contributed by atoms with Crippen LogP contribution in [0.3, 0.4) is 0 Å². The molecule has 1 fully saturated rings. The molecule has 7 heteroatoms. The van der Waals surface area contributed by atoms with E-state index < -0.39 is 10.2 Å². The highest BCUT2D eigenvalue weighted by Gasteiger charge is 2.32. The van der Waals surface area contributed by atoms with Crippen molar-refractivity contribution < 1.29 is 8.42 Å². The van der Waals surface area contributed by atoms with E-state index in [0.29, 0.717) is 6.54 Å². The highest BCUT2D eigenvalue weighted by molar-refractivity contribution is 7.90. The number of nitrogens with zero attached hydrogens (tertiary/aromatic N) is 3. The lowest BCUT2D eigenvalue weighted by atomic mass is 10.2. The van der Waals surface area contributed by atoms with Crippen molar-refractivity contribution in [2.75, 3.05) is 49.5 Å². The third kappa shape index (κ3) is 3.84. The number of benzene rings is 1.